The first-order valence-electron chi connectivity index (χ1n) is 6.48. The molecule has 0 N–H and O–H groups in total. The number of hydrogen-bond acceptors (Lipinski definition) is 4. The normalized spacial score (nSPS) is 18.9. The molecule has 4 nitrogen and oxygen atoms in total. The number of alkyl halides is 1. The van der Waals surface area contributed by atoms with Gasteiger partial charge in [0, 0.05) is 25.9 Å². The van der Waals surface area contributed by atoms with E-state index < -0.39 is 11.3 Å². The predicted octanol–water partition coefficient (Wildman–Crippen LogP) is 4.10. The van der Waals surface area contributed by atoms with Crippen molar-refractivity contribution in [3.05, 3.63) is 15.0 Å². The highest BCUT2D eigenvalue weighted by molar-refractivity contribution is 9.11. The maximum atomic E-state index is 14.8. The van der Waals surface area contributed by atoms with Crippen LogP contribution in [-0.4, -0.2) is 34.7 Å². The molecule has 0 bridgehead atoms. The molecule has 1 saturated heterocycles. The summed E-state index contributed by atoms with van der Waals surface area (Å²) >= 11 is 4.60. The molecule has 1 aromatic heterocycles. The molecular weight excluding hydrogens is 347 g/mol. The second-order valence-electron chi connectivity index (χ2n) is 5.90. The minimum atomic E-state index is -1.44. The van der Waals surface area contributed by atoms with E-state index in [1.54, 1.807) is 11.1 Å². The van der Waals surface area contributed by atoms with Crippen LogP contribution in [0.4, 0.5) is 9.18 Å². The van der Waals surface area contributed by atoms with Gasteiger partial charge in [0.1, 0.15) is 10.6 Å². The number of carbonyl (C=O) groups excluding carboxylic acids is 1. The van der Waals surface area contributed by atoms with Crippen molar-refractivity contribution in [1.82, 2.24) is 9.88 Å². The number of thiazole rings is 1. The highest BCUT2D eigenvalue weighted by Crippen LogP contribution is 2.40. The number of likely N-dealkylation sites (tertiary alicyclic amines) is 1. The van der Waals surface area contributed by atoms with Crippen LogP contribution in [0.3, 0.4) is 0 Å². The van der Waals surface area contributed by atoms with Gasteiger partial charge in [-0.1, -0.05) is 0 Å². The largest absolute Gasteiger partial charge is 0.444 e. The van der Waals surface area contributed by atoms with Gasteiger partial charge in [0.15, 0.2) is 5.67 Å². The van der Waals surface area contributed by atoms with Crippen molar-refractivity contribution in [2.75, 3.05) is 13.1 Å². The van der Waals surface area contributed by atoms with Crippen LogP contribution >= 0.6 is 27.3 Å². The summed E-state index contributed by atoms with van der Waals surface area (Å²) in [6.07, 6.45) is 1.75. The zero-order valence-electron chi connectivity index (χ0n) is 11.8. The van der Waals surface area contributed by atoms with Gasteiger partial charge in [-0.05, 0) is 36.7 Å². The summed E-state index contributed by atoms with van der Waals surface area (Å²) in [6, 6.07) is 0. The molecule has 112 valence electrons. The molecule has 7 heteroatoms. The summed E-state index contributed by atoms with van der Waals surface area (Å²) in [5.41, 5.74) is -1.96. The minimum absolute atomic E-state index is 0.256. The van der Waals surface area contributed by atoms with Crippen molar-refractivity contribution in [2.24, 2.45) is 0 Å². The lowest BCUT2D eigenvalue weighted by Crippen LogP contribution is -2.45. The van der Waals surface area contributed by atoms with Crippen LogP contribution < -0.4 is 0 Å². The Kier molecular flexibility index (Phi) is 4.39. The van der Waals surface area contributed by atoms with Crippen LogP contribution in [0, 0.1) is 0 Å². The van der Waals surface area contributed by atoms with E-state index in [-0.39, 0.29) is 18.9 Å². The monoisotopic (exact) mass is 364 g/mol. The fraction of sp³-hybridized carbons (Fsp3) is 0.692. The summed E-state index contributed by atoms with van der Waals surface area (Å²) < 4.78 is 21.0. The van der Waals surface area contributed by atoms with E-state index in [4.69, 9.17) is 4.74 Å². The quantitative estimate of drug-likeness (QED) is 0.753. The second kappa shape index (κ2) is 5.60. The molecule has 20 heavy (non-hydrogen) atoms. The Morgan fingerprint density at radius 2 is 2.10 bits per heavy atom. The Bertz CT molecular complexity index is 493. The fourth-order valence-corrected chi connectivity index (χ4v) is 3.39. The van der Waals surface area contributed by atoms with E-state index in [0.717, 1.165) is 3.79 Å². The van der Waals surface area contributed by atoms with Gasteiger partial charge in [0.2, 0.25) is 0 Å². The molecule has 0 aromatic carbocycles. The van der Waals surface area contributed by atoms with E-state index in [1.165, 1.54) is 11.3 Å². The molecule has 2 rings (SSSR count). The van der Waals surface area contributed by atoms with E-state index >= 15 is 0 Å². The van der Waals surface area contributed by atoms with Crippen LogP contribution in [0.25, 0.3) is 0 Å². The summed E-state index contributed by atoms with van der Waals surface area (Å²) in [4.78, 5) is 17.6. The third-order valence-electron chi connectivity index (χ3n) is 3.07. The molecule has 1 amide bonds. The van der Waals surface area contributed by atoms with Gasteiger partial charge in [-0.3, -0.25) is 0 Å². The molecule has 1 aromatic rings. The molecular formula is C13H18BrFN2O2S. The number of hydrogen-bond donors (Lipinski definition) is 0. The third kappa shape index (κ3) is 3.69. The molecule has 2 heterocycles. The van der Waals surface area contributed by atoms with Crippen molar-refractivity contribution in [3.8, 4) is 0 Å². The van der Waals surface area contributed by atoms with Gasteiger partial charge in [-0.25, -0.2) is 14.2 Å². The van der Waals surface area contributed by atoms with Crippen molar-refractivity contribution >= 4 is 33.4 Å². The number of halogens is 2. The highest BCUT2D eigenvalue weighted by atomic mass is 79.9. The Morgan fingerprint density at radius 1 is 1.50 bits per heavy atom. The summed E-state index contributed by atoms with van der Waals surface area (Å²) in [5, 5.41) is 0.480. The maximum absolute atomic E-state index is 14.8. The van der Waals surface area contributed by atoms with Crippen LogP contribution in [0.15, 0.2) is 9.98 Å². The molecule has 1 fully saturated rings. The number of amides is 1. The van der Waals surface area contributed by atoms with Gasteiger partial charge >= 0.3 is 6.09 Å². The predicted molar refractivity (Wildman–Crippen MR) is 79.6 cm³/mol. The Morgan fingerprint density at radius 3 is 2.55 bits per heavy atom. The van der Waals surface area contributed by atoms with Gasteiger partial charge < -0.3 is 9.64 Å². The number of aromatic nitrogens is 1. The van der Waals surface area contributed by atoms with Crippen molar-refractivity contribution < 1.29 is 13.9 Å². The topological polar surface area (TPSA) is 42.4 Å². The lowest BCUT2D eigenvalue weighted by atomic mass is 9.94. The van der Waals surface area contributed by atoms with Gasteiger partial charge in [-0.15, -0.1) is 11.3 Å². The van der Waals surface area contributed by atoms with E-state index in [9.17, 15) is 9.18 Å². The summed E-state index contributed by atoms with van der Waals surface area (Å²) in [7, 11) is 0. The van der Waals surface area contributed by atoms with Crippen LogP contribution in [0.1, 0.15) is 38.6 Å². The molecule has 0 aliphatic carbocycles. The third-order valence-corrected chi connectivity index (χ3v) is 4.72. The maximum Gasteiger partial charge on any atom is 0.410 e. The van der Waals surface area contributed by atoms with Gasteiger partial charge in [-0.2, -0.15) is 0 Å². The second-order valence-corrected chi connectivity index (χ2v) is 8.31. The first kappa shape index (κ1) is 15.7. The molecule has 0 unspecified atom stereocenters. The minimum Gasteiger partial charge on any atom is -0.444 e. The van der Waals surface area contributed by atoms with E-state index in [1.807, 2.05) is 20.8 Å². The Hall–Kier alpha value is -0.690. The first-order valence-corrected chi connectivity index (χ1v) is 8.09. The van der Waals surface area contributed by atoms with Crippen molar-refractivity contribution in [2.45, 2.75) is 44.9 Å². The van der Waals surface area contributed by atoms with Crippen molar-refractivity contribution in [3.63, 3.8) is 0 Å². The molecule has 0 spiro atoms. The lowest BCUT2D eigenvalue weighted by molar-refractivity contribution is 0.00216. The summed E-state index contributed by atoms with van der Waals surface area (Å²) in [6.45, 7) is 6.16. The molecule has 0 saturated carbocycles. The average Bonchev–Trinajstić information content (AvgIpc) is 2.75. The Labute approximate surface area is 130 Å². The number of piperidine rings is 1. The smallest absolute Gasteiger partial charge is 0.410 e. The fourth-order valence-electron chi connectivity index (χ4n) is 2.05. The van der Waals surface area contributed by atoms with E-state index in [2.05, 4.69) is 20.9 Å². The first-order chi connectivity index (χ1) is 9.20. The molecule has 1 aliphatic heterocycles. The van der Waals surface area contributed by atoms with Gasteiger partial charge in [0.05, 0.1) is 9.98 Å². The molecule has 0 atom stereocenters. The van der Waals surface area contributed by atoms with E-state index in [0.29, 0.717) is 18.1 Å². The zero-order chi connectivity index (χ0) is 15.0. The van der Waals surface area contributed by atoms with Crippen molar-refractivity contribution in [1.29, 1.82) is 0 Å². The van der Waals surface area contributed by atoms with Crippen LogP contribution in [0.5, 0.6) is 0 Å². The summed E-state index contributed by atoms with van der Waals surface area (Å²) in [5.74, 6) is 0. The lowest BCUT2D eigenvalue weighted by Gasteiger charge is -2.35. The number of carbonyl (C=O) groups is 1. The van der Waals surface area contributed by atoms with Crippen LogP contribution in [-0.2, 0) is 10.4 Å². The SMILES string of the molecule is CC(C)(C)OC(=O)N1CCC(F)(c2ncc(Br)s2)CC1. The number of nitrogens with zero attached hydrogens (tertiary/aromatic N) is 2. The number of ether oxygens (including phenoxy) is 1. The number of rotatable bonds is 1. The average molecular weight is 365 g/mol. The highest BCUT2D eigenvalue weighted by Gasteiger charge is 2.40. The Balaban J connectivity index is 1.97. The standard InChI is InChI=1S/C13H18BrFN2O2S/c1-12(2,3)19-11(18)17-6-4-13(15,5-7-17)10-16-8-9(14)20-10/h8H,4-7H2,1-3H3. The molecule has 0 radical (unpaired) electrons. The molecule has 1 aliphatic rings. The van der Waals surface area contributed by atoms with Gasteiger partial charge in [0.25, 0.3) is 0 Å². The van der Waals surface area contributed by atoms with Crippen LogP contribution in [0.2, 0.25) is 0 Å². The zero-order valence-corrected chi connectivity index (χ0v) is 14.2.